The number of carbonyl (C=O) groups is 2. The molecule has 1 N–H and O–H groups in total. The van der Waals surface area contributed by atoms with Crippen LogP contribution in [0.15, 0.2) is 48.5 Å². The minimum Gasteiger partial charge on any atom is -0.368 e. The maximum absolute atomic E-state index is 12.7. The lowest BCUT2D eigenvalue weighted by molar-refractivity contribution is -0.130. The second-order valence-corrected chi connectivity index (χ2v) is 8.49. The van der Waals surface area contributed by atoms with Gasteiger partial charge in [0.15, 0.2) is 0 Å². The third-order valence-corrected chi connectivity index (χ3v) is 6.46. The Kier molecular flexibility index (Phi) is 6.36. The number of nitrogens with zero attached hydrogens (tertiary/aromatic N) is 2. The van der Waals surface area contributed by atoms with Crippen molar-refractivity contribution in [2.24, 2.45) is 5.92 Å². The summed E-state index contributed by atoms with van der Waals surface area (Å²) in [6.45, 7) is 5.19. The van der Waals surface area contributed by atoms with E-state index in [4.69, 9.17) is 0 Å². The number of hydrogen-bond acceptors (Lipinski definition) is 3. The fourth-order valence-corrected chi connectivity index (χ4v) is 4.49. The first-order chi connectivity index (χ1) is 14.6. The first-order valence-corrected chi connectivity index (χ1v) is 11.1. The Morgan fingerprint density at radius 3 is 2.27 bits per heavy atom. The van der Waals surface area contributed by atoms with E-state index in [1.165, 1.54) is 5.56 Å². The maximum Gasteiger partial charge on any atom is 0.227 e. The summed E-state index contributed by atoms with van der Waals surface area (Å²) < 4.78 is 0. The number of carbonyl (C=O) groups excluding carboxylic acids is 2. The van der Waals surface area contributed by atoms with Crippen molar-refractivity contribution in [3.8, 4) is 0 Å². The van der Waals surface area contributed by atoms with Gasteiger partial charge in [-0.25, -0.2) is 0 Å². The molecule has 0 atom stereocenters. The summed E-state index contributed by atoms with van der Waals surface area (Å²) in [5, 5.41) is 3.05. The predicted octanol–water partition coefficient (Wildman–Crippen LogP) is 4.02. The van der Waals surface area contributed by atoms with Crippen LogP contribution in [0.4, 0.5) is 11.4 Å². The van der Waals surface area contributed by atoms with Gasteiger partial charge in [-0.15, -0.1) is 0 Å². The average Bonchev–Trinajstić information content (AvgIpc) is 3.31. The van der Waals surface area contributed by atoms with Crippen molar-refractivity contribution >= 4 is 23.2 Å². The summed E-state index contributed by atoms with van der Waals surface area (Å²) >= 11 is 0. The molecule has 0 aromatic heterocycles. The molecule has 0 unspecified atom stereocenters. The van der Waals surface area contributed by atoms with Crippen LogP contribution in [0.5, 0.6) is 0 Å². The molecule has 0 radical (unpaired) electrons. The molecule has 2 amide bonds. The van der Waals surface area contributed by atoms with E-state index in [2.05, 4.69) is 35.3 Å². The molecule has 158 valence electrons. The fourth-order valence-electron chi connectivity index (χ4n) is 4.49. The normalized spacial score (nSPS) is 17.2. The van der Waals surface area contributed by atoms with Gasteiger partial charge in [-0.3, -0.25) is 9.59 Å². The van der Waals surface area contributed by atoms with Gasteiger partial charge >= 0.3 is 0 Å². The Morgan fingerprint density at radius 2 is 1.60 bits per heavy atom. The zero-order chi connectivity index (χ0) is 20.9. The number of hydrogen-bond donors (Lipinski definition) is 1. The molecule has 4 rings (SSSR count). The smallest absolute Gasteiger partial charge is 0.227 e. The van der Waals surface area contributed by atoms with Gasteiger partial charge in [0.1, 0.15) is 0 Å². The third kappa shape index (κ3) is 4.84. The topological polar surface area (TPSA) is 52.7 Å². The number of benzene rings is 2. The zero-order valence-electron chi connectivity index (χ0n) is 17.8. The molecule has 1 saturated carbocycles. The highest BCUT2D eigenvalue weighted by Crippen LogP contribution is 2.26. The van der Waals surface area contributed by atoms with Crippen molar-refractivity contribution in [3.05, 3.63) is 59.7 Å². The Balaban J connectivity index is 1.28. The summed E-state index contributed by atoms with van der Waals surface area (Å²) in [6.07, 6.45) is 4.82. The van der Waals surface area contributed by atoms with Crippen LogP contribution < -0.4 is 10.2 Å². The standard InChI is InChI=1S/C25H31N3O2/c1-19-6-2-3-9-21(19)18-24(29)28-16-14-27(15-17-28)23-12-10-22(11-13-23)26-25(30)20-7-4-5-8-20/h2-3,6,9-13,20H,4-5,7-8,14-18H2,1H3,(H,26,30). The molecule has 1 saturated heterocycles. The SMILES string of the molecule is Cc1ccccc1CC(=O)N1CCN(c2ccc(NC(=O)C3CCCC3)cc2)CC1. The van der Waals surface area contributed by atoms with Crippen LogP contribution in [0.1, 0.15) is 36.8 Å². The molecule has 30 heavy (non-hydrogen) atoms. The summed E-state index contributed by atoms with van der Waals surface area (Å²) in [7, 11) is 0. The van der Waals surface area contributed by atoms with Crippen LogP contribution in [0.25, 0.3) is 0 Å². The molecular weight excluding hydrogens is 374 g/mol. The minimum absolute atomic E-state index is 0.154. The van der Waals surface area contributed by atoms with Crippen LogP contribution in [0.2, 0.25) is 0 Å². The number of amides is 2. The van der Waals surface area contributed by atoms with Gasteiger partial charge in [-0.2, -0.15) is 0 Å². The molecule has 5 nitrogen and oxygen atoms in total. The quantitative estimate of drug-likeness (QED) is 0.818. The second kappa shape index (κ2) is 9.33. The summed E-state index contributed by atoms with van der Waals surface area (Å²) in [5.41, 5.74) is 4.28. The van der Waals surface area contributed by atoms with E-state index in [-0.39, 0.29) is 17.7 Å². The van der Waals surface area contributed by atoms with E-state index in [1.54, 1.807) is 0 Å². The van der Waals surface area contributed by atoms with Gasteiger partial charge < -0.3 is 15.1 Å². The number of rotatable bonds is 5. The molecule has 1 heterocycles. The molecule has 2 aliphatic rings. The highest BCUT2D eigenvalue weighted by atomic mass is 16.2. The Hall–Kier alpha value is -2.82. The first-order valence-electron chi connectivity index (χ1n) is 11.1. The van der Waals surface area contributed by atoms with Gasteiger partial charge in [0.05, 0.1) is 6.42 Å². The second-order valence-electron chi connectivity index (χ2n) is 8.49. The molecule has 2 aromatic rings. The Morgan fingerprint density at radius 1 is 0.933 bits per heavy atom. The Bertz CT molecular complexity index is 880. The van der Waals surface area contributed by atoms with E-state index in [9.17, 15) is 9.59 Å². The monoisotopic (exact) mass is 405 g/mol. The van der Waals surface area contributed by atoms with Crippen LogP contribution >= 0.6 is 0 Å². The first kappa shape index (κ1) is 20.5. The maximum atomic E-state index is 12.7. The summed E-state index contributed by atoms with van der Waals surface area (Å²) in [4.78, 5) is 29.3. The predicted molar refractivity (Wildman–Crippen MR) is 121 cm³/mol. The Labute approximate surface area is 179 Å². The van der Waals surface area contributed by atoms with Crippen molar-refractivity contribution in [2.45, 2.75) is 39.0 Å². The summed E-state index contributed by atoms with van der Waals surface area (Å²) in [5.74, 6) is 0.532. The van der Waals surface area contributed by atoms with Crippen molar-refractivity contribution < 1.29 is 9.59 Å². The molecular formula is C25H31N3O2. The lowest BCUT2D eigenvalue weighted by atomic mass is 10.1. The lowest BCUT2D eigenvalue weighted by Crippen LogP contribution is -2.49. The highest BCUT2D eigenvalue weighted by molar-refractivity contribution is 5.92. The average molecular weight is 406 g/mol. The molecule has 2 fully saturated rings. The van der Waals surface area contributed by atoms with Gasteiger partial charge in [0.2, 0.25) is 11.8 Å². The van der Waals surface area contributed by atoms with Gasteiger partial charge in [-0.05, 0) is 55.2 Å². The number of nitrogens with one attached hydrogen (secondary N) is 1. The van der Waals surface area contributed by atoms with E-state index in [0.717, 1.165) is 68.8 Å². The molecule has 0 spiro atoms. The van der Waals surface area contributed by atoms with E-state index in [1.807, 2.05) is 35.2 Å². The van der Waals surface area contributed by atoms with Crippen molar-refractivity contribution in [1.82, 2.24) is 4.90 Å². The molecule has 1 aliphatic heterocycles. The zero-order valence-corrected chi connectivity index (χ0v) is 17.8. The molecule has 2 aromatic carbocycles. The minimum atomic E-state index is 0.154. The van der Waals surface area contributed by atoms with Crippen LogP contribution in [-0.2, 0) is 16.0 Å². The largest absolute Gasteiger partial charge is 0.368 e. The van der Waals surface area contributed by atoms with Crippen molar-refractivity contribution in [3.63, 3.8) is 0 Å². The number of aryl methyl sites for hydroxylation is 1. The van der Waals surface area contributed by atoms with Crippen LogP contribution in [0, 0.1) is 12.8 Å². The van der Waals surface area contributed by atoms with Gasteiger partial charge in [0, 0.05) is 43.5 Å². The van der Waals surface area contributed by atoms with E-state index < -0.39 is 0 Å². The van der Waals surface area contributed by atoms with E-state index >= 15 is 0 Å². The van der Waals surface area contributed by atoms with Crippen LogP contribution in [0.3, 0.4) is 0 Å². The van der Waals surface area contributed by atoms with Crippen molar-refractivity contribution in [1.29, 1.82) is 0 Å². The highest BCUT2D eigenvalue weighted by Gasteiger charge is 2.23. The van der Waals surface area contributed by atoms with Gasteiger partial charge in [0.25, 0.3) is 0 Å². The van der Waals surface area contributed by atoms with Gasteiger partial charge in [-0.1, -0.05) is 37.1 Å². The molecule has 0 bridgehead atoms. The fraction of sp³-hybridized carbons (Fsp3) is 0.440. The number of anilines is 2. The molecule has 1 aliphatic carbocycles. The third-order valence-electron chi connectivity index (χ3n) is 6.46. The number of piperazine rings is 1. The molecule has 5 heteroatoms. The van der Waals surface area contributed by atoms with Crippen molar-refractivity contribution in [2.75, 3.05) is 36.4 Å². The van der Waals surface area contributed by atoms with Crippen LogP contribution in [-0.4, -0.2) is 42.9 Å². The summed E-state index contributed by atoms with van der Waals surface area (Å²) in [6, 6.07) is 16.2. The lowest BCUT2D eigenvalue weighted by Gasteiger charge is -2.36. The van der Waals surface area contributed by atoms with E-state index in [0.29, 0.717) is 6.42 Å².